The molecule has 0 saturated carbocycles. The van der Waals surface area contributed by atoms with E-state index in [0.29, 0.717) is 43.9 Å². The van der Waals surface area contributed by atoms with E-state index in [0.717, 1.165) is 11.3 Å². The minimum absolute atomic E-state index is 0.00176. The summed E-state index contributed by atoms with van der Waals surface area (Å²) >= 11 is 0. The topological polar surface area (TPSA) is 71.5 Å². The molecule has 0 bridgehead atoms. The van der Waals surface area contributed by atoms with Crippen LogP contribution in [-0.4, -0.2) is 41.8 Å². The summed E-state index contributed by atoms with van der Waals surface area (Å²) in [5.74, 6) is 0.770. The van der Waals surface area contributed by atoms with Crippen molar-refractivity contribution >= 4 is 11.8 Å². The Morgan fingerprint density at radius 3 is 2.67 bits per heavy atom. The van der Waals surface area contributed by atoms with Gasteiger partial charge in [-0.15, -0.1) is 0 Å². The normalized spacial score (nSPS) is 14.7. The van der Waals surface area contributed by atoms with Gasteiger partial charge < -0.3 is 15.0 Å². The number of likely N-dealkylation sites (tertiary alicyclic amines) is 1. The van der Waals surface area contributed by atoms with Crippen LogP contribution in [0.25, 0.3) is 0 Å². The zero-order valence-electron chi connectivity index (χ0n) is 15.8. The van der Waals surface area contributed by atoms with E-state index in [1.165, 1.54) is 0 Å². The molecule has 1 aliphatic heterocycles. The molecule has 2 aromatic rings. The lowest BCUT2D eigenvalue weighted by atomic mass is 9.95. The molecule has 0 unspecified atom stereocenters. The Labute approximate surface area is 159 Å². The Morgan fingerprint density at radius 2 is 2.00 bits per heavy atom. The van der Waals surface area contributed by atoms with Crippen LogP contribution >= 0.6 is 0 Å². The zero-order chi connectivity index (χ0) is 19.2. The zero-order valence-corrected chi connectivity index (χ0v) is 15.8. The molecule has 6 nitrogen and oxygen atoms in total. The molecule has 0 radical (unpaired) electrons. The first-order chi connectivity index (χ1) is 13.1. The summed E-state index contributed by atoms with van der Waals surface area (Å²) in [6.45, 7) is 3.51. The predicted molar refractivity (Wildman–Crippen MR) is 102 cm³/mol. The number of amides is 2. The number of nitrogens with zero attached hydrogens (tertiary/aromatic N) is 2. The second-order valence-corrected chi connectivity index (χ2v) is 6.81. The summed E-state index contributed by atoms with van der Waals surface area (Å²) < 4.78 is 5.75. The van der Waals surface area contributed by atoms with E-state index in [4.69, 9.17) is 4.74 Å². The maximum atomic E-state index is 12.8. The van der Waals surface area contributed by atoms with Gasteiger partial charge in [-0.05, 0) is 49.6 Å². The Kier molecular flexibility index (Phi) is 6.06. The van der Waals surface area contributed by atoms with Crippen molar-refractivity contribution < 1.29 is 14.3 Å². The third kappa shape index (κ3) is 4.84. The third-order valence-corrected chi connectivity index (χ3v) is 4.86. The first-order valence-corrected chi connectivity index (χ1v) is 9.22. The molecule has 1 saturated heterocycles. The lowest BCUT2D eigenvalue weighted by Gasteiger charge is -2.31. The number of carbonyl (C=O) groups is 2. The maximum Gasteiger partial charge on any atom is 0.253 e. The number of aromatic nitrogens is 1. The number of pyridine rings is 1. The van der Waals surface area contributed by atoms with Gasteiger partial charge in [-0.2, -0.15) is 0 Å². The largest absolute Gasteiger partial charge is 0.487 e. The number of nitrogens with one attached hydrogen (secondary N) is 1. The summed E-state index contributed by atoms with van der Waals surface area (Å²) in [4.78, 5) is 30.5. The molecule has 1 N–H and O–H groups in total. The van der Waals surface area contributed by atoms with Gasteiger partial charge in [-0.1, -0.05) is 12.1 Å². The second kappa shape index (κ2) is 8.66. The van der Waals surface area contributed by atoms with Crippen molar-refractivity contribution in [2.75, 3.05) is 20.1 Å². The molecule has 142 valence electrons. The smallest absolute Gasteiger partial charge is 0.253 e. The molecule has 0 spiro atoms. The molecule has 27 heavy (non-hydrogen) atoms. The van der Waals surface area contributed by atoms with Gasteiger partial charge in [0.2, 0.25) is 5.91 Å². The first-order valence-electron chi connectivity index (χ1n) is 9.22. The first kappa shape index (κ1) is 18.9. The molecular weight excluding hydrogens is 342 g/mol. The summed E-state index contributed by atoms with van der Waals surface area (Å²) in [7, 11) is 1.65. The minimum atomic E-state index is 0.00176. The molecular formula is C21H25N3O3. The number of hydrogen-bond acceptors (Lipinski definition) is 4. The number of rotatable bonds is 5. The van der Waals surface area contributed by atoms with Crippen LogP contribution in [0.15, 0.2) is 42.6 Å². The second-order valence-electron chi connectivity index (χ2n) is 6.81. The van der Waals surface area contributed by atoms with E-state index in [1.54, 1.807) is 13.2 Å². The molecule has 1 aromatic carbocycles. The van der Waals surface area contributed by atoms with E-state index in [9.17, 15) is 9.59 Å². The molecule has 6 heteroatoms. The van der Waals surface area contributed by atoms with Crippen molar-refractivity contribution in [1.29, 1.82) is 0 Å². The van der Waals surface area contributed by atoms with Gasteiger partial charge >= 0.3 is 0 Å². The Balaban J connectivity index is 1.59. The number of hydrogen-bond donors (Lipinski definition) is 1. The Morgan fingerprint density at radius 1 is 1.22 bits per heavy atom. The lowest BCUT2D eigenvalue weighted by molar-refractivity contribution is -0.125. The average Bonchev–Trinajstić information content (AvgIpc) is 2.72. The molecule has 2 amide bonds. The van der Waals surface area contributed by atoms with E-state index >= 15 is 0 Å². The monoisotopic (exact) mass is 367 g/mol. The summed E-state index contributed by atoms with van der Waals surface area (Å²) in [5.41, 5.74) is 2.52. The van der Waals surface area contributed by atoms with E-state index in [2.05, 4.69) is 10.3 Å². The van der Waals surface area contributed by atoms with Crippen molar-refractivity contribution in [3.8, 4) is 5.75 Å². The van der Waals surface area contributed by atoms with Crippen molar-refractivity contribution in [1.82, 2.24) is 15.2 Å². The van der Waals surface area contributed by atoms with Crippen molar-refractivity contribution in [2.24, 2.45) is 5.92 Å². The van der Waals surface area contributed by atoms with Crippen molar-refractivity contribution in [3.05, 3.63) is 59.4 Å². The summed E-state index contributed by atoms with van der Waals surface area (Å²) in [6.07, 6.45) is 3.10. The van der Waals surface area contributed by atoms with Crippen LogP contribution in [0.1, 0.15) is 34.5 Å². The van der Waals surface area contributed by atoms with Gasteiger partial charge in [0.05, 0.1) is 6.20 Å². The number of piperidine rings is 1. The SMILES string of the molecule is CNC(=O)C1CCN(C(=O)c2cccc(COc3ccc(C)nc3)c2)CC1. The highest BCUT2D eigenvalue weighted by atomic mass is 16.5. The van der Waals surface area contributed by atoms with Crippen LogP contribution in [0, 0.1) is 12.8 Å². The Bertz CT molecular complexity index is 797. The van der Waals surface area contributed by atoms with E-state index in [1.807, 2.05) is 48.2 Å². The summed E-state index contributed by atoms with van der Waals surface area (Å²) in [6, 6.07) is 11.3. The van der Waals surface area contributed by atoms with Gasteiger partial charge in [-0.3, -0.25) is 14.6 Å². The van der Waals surface area contributed by atoms with Crippen LogP contribution in [0.4, 0.5) is 0 Å². The molecule has 0 atom stereocenters. The van der Waals surface area contributed by atoms with Gasteiger partial charge in [-0.25, -0.2) is 0 Å². The number of ether oxygens (including phenoxy) is 1. The number of benzene rings is 1. The molecule has 2 heterocycles. The predicted octanol–water partition coefficient (Wildman–Crippen LogP) is 2.57. The number of aryl methyl sites for hydroxylation is 1. The van der Waals surface area contributed by atoms with Gasteiger partial charge in [0, 0.05) is 37.3 Å². The van der Waals surface area contributed by atoms with Gasteiger partial charge in [0.25, 0.3) is 5.91 Å². The molecule has 0 aliphatic carbocycles. The lowest BCUT2D eigenvalue weighted by Crippen LogP contribution is -2.42. The fourth-order valence-corrected chi connectivity index (χ4v) is 3.23. The minimum Gasteiger partial charge on any atom is -0.487 e. The van der Waals surface area contributed by atoms with E-state index in [-0.39, 0.29) is 17.7 Å². The van der Waals surface area contributed by atoms with Crippen LogP contribution in [0.3, 0.4) is 0 Å². The van der Waals surface area contributed by atoms with E-state index < -0.39 is 0 Å². The highest BCUT2D eigenvalue weighted by Gasteiger charge is 2.27. The van der Waals surface area contributed by atoms with Gasteiger partial charge in [0.15, 0.2) is 0 Å². The highest BCUT2D eigenvalue weighted by Crippen LogP contribution is 2.20. The fraction of sp³-hybridized carbons (Fsp3) is 0.381. The quantitative estimate of drug-likeness (QED) is 0.882. The molecule has 1 aromatic heterocycles. The van der Waals surface area contributed by atoms with Crippen LogP contribution in [-0.2, 0) is 11.4 Å². The highest BCUT2D eigenvalue weighted by molar-refractivity contribution is 5.94. The third-order valence-electron chi connectivity index (χ3n) is 4.86. The molecule has 1 aliphatic rings. The number of carbonyl (C=O) groups excluding carboxylic acids is 2. The fourth-order valence-electron chi connectivity index (χ4n) is 3.23. The van der Waals surface area contributed by atoms with Crippen molar-refractivity contribution in [3.63, 3.8) is 0 Å². The average molecular weight is 367 g/mol. The van der Waals surface area contributed by atoms with Crippen LogP contribution in [0.2, 0.25) is 0 Å². The van der Waals surface area contributed by atoms with Crippen LogP contribution < -0.4 is 10.1 Å². The van der Waals surface area contributed by atoms with Crippen LogP contribution in [0.5, 0.6) is 5.75 Å². The maximum absolute atomic E-state index is 12.8. The molecule has 1 fully saturated rings. The summed E-state index contributed by atoms with van der Waals surface area (Å²) in [5, 5.41) is 2.69. The van der Waals surface area contributed by atoms with Gasteiger partial charge in [0.1, 0.15) is 12.4 Å². The standard InChI is InChI=1S/C21H25N3O3/c1-15-6-7-19(13-23-15)27-14-16-4-3-5-18(12-16)21(26)24-10-8-17(9-11-24)20(25)22-2/h3-7,12-13,17H,8-11,14H2,1-2H3,(H,22,25). The van der Waals surface area contributed by atoms with Crippen molar-refractivity contribution in [2.45, 2.75) is 26.4 Å². The Hall–Kier alpha value is -2.89. The molecule has 3 rings (SSSR count).